The maximum atomic E-state index is 11.0. The lowest BCUT2D eigenvalue weighted by Crippen LogP contribution is -2.40. The lowest BCUT2D eigenvalue weighted by Gasteiger charge is -2.24. The fourth-order valence-corrected chi connectivity index (χ4v) is 1.70. The fraction of sp³-hybridized carbons (Fsp3) is 0.917. The Labute approximate surface area is 97.6 Å². The lowest BCUT2D eigenvalue weighted by atomic mass is 10.1. The van der Waals surface area contributed by atoms with Crippen molar-refractivity contribution in [1.29, 1.82) is 0 Å². The Hall–Kier alpha value is -0.610. The monoisotopic (exact) mass is 229 g/mol. The van der Waals surface area contributed by atoms with Crippen LogP contribution in [0.15, 0.2) is 0 Å². The number of nitrogens with zero attached hydrogens (tertiary/aromatic N) is 1. The standard InChI is InChI=1S/C12H23NO3/c1-3-4-11(12(14)15)13(2)7-8-16-9-10-5-6-10/h10-11H,3-9H2,1-2H3,(H,14,15). The first kappa shape index (κ1) is 13.5. The molecule has 4 heteroatoms. The Kier molecular flexibility index (Phi) is 5.77. The third-order valence-corrected chi connectivity index (χ3v) is 3.02. The largest absolute Gasteiger partial charge is 0.480 e. The van der Waals surface area contributed by atoms with Crippen LogP contribution in [0.1, 0.15) is 32.6 Å². The Morgan fingerprint density at radius 3 is 2.75 bits per heavy atom. The van der Waals surface area contributed by atoms with Crippen molar-refractivity contribution in [2.75, 3.05) is 26.8 Å². The predicted octanol–water partition coefficient (Wildman–Crippen LogP) is 1.60. The van der Waals surface area contributed by atoms with Crippen LogP contribution in [0.3, 0.4) is 0 Å². The summed E-state index contributed by atoms with van der Waals surface area (Å²) in [6, 6.07) is -0.366. The van der Waals surface area contributed by atoms with Gasteiger partial charge in [-0.25, -0.2) is 0 Å². The number of carboxylic acids is 1. The molecule has 1 rings (SSSR count). The minimum atomic E-state index is -0.730. The molecule has 1 unspecified atom stereocenters. The van der Waals surface area contributed by atoms with E-state index in [2.05, 4.69) is 0 Å². The van der Waals surface area contributed by atoms with Gasteiger partial charge in [0.15, 0.2) is 0 Å². The van der Waals surface area contributed by atoms with Gasteiger partial charge in [-0.3, -0.25) is 9.69 Å². The smallest absolute Gasteiger partial charge is 0.320 e. The van der Waals surface area contributed by atoms with E-state index >= 15 is 0 Å². The van der Waals surface area contributed by atoms with Gasteiger partial charge in [0.2, 0.25) is 0 Å². The predicted molar refractivity (Wildman–Crippen MR) is 62.5 cm³/mol. The lowest BCUT2D eigenvalue weighted by molar-refractivity contribution is -0.143. The Morgan fingerprint density at radius 1 is 1.56 bits per heavy atom. The van der Waals surface area contributed by atoms with E-state index in [0.29, 0.717) is 19.6 Å². The van der Waals surface area contributed by atoms with Gasteiger partial charge in [0, 0.05) is 13.2 Å². The molecule has 1 N–H and O–H groups in total. The maximum absolute atomic E-state index is 11.0. The van der Waals surface area contributed by atoms with Crippen molar-refractivity contribution in [3.8, 4) is 0 Å². The molecule has 1 fully saturated rings. The van der Waals surface area contributed by atoms with Crippen LogP contribution in [-0.4, -0.2) is 48.8 Å². The van der Waals surface area contributed by atoms with Crippen LogP contribution in [0.25, 0.3) is 0 Å². The average molecular weight is 229 g/mol. The molecule has 0 heterocycles. The minimum absolute atomic E-state index is 0.366. The highest BCUT2D eigenvalue weighted by Gasteiger charge is 2.23. The summed E-state index contributed by atoms with van der Waals surface area (Å²) >= 11 is 0. The highest BCUT2D eigenvalue weighted by atomic mass is 16.5. The van der Waals surface area contributed by atoms with Gasteiger partial charge >= 0.3 is 5.97 Å². The van der Waals surface area contributed by atoms with Gasteiger partial charge in [0.1, 0.15) is 6.04 Å². The summed E-state index contributed by atoms with van der Waals surface area (Å²) in [7, 11) is 1.86. The summed E-state index contributed by atoms with van der Waals surface area (Å²) < 4.78 is 5.50. The molecule has 0 aliphatic heterocycles. The molecule has 1 saturated carbocycles. The third-order valence-electron chi connectivity index (χ3n) is 3.02. The highest BCUT2D eigenvalue weighted by molar-refractivity contribution is 5.73. The van der Waals surface area contributed by atoms with Crippen LogP contribution in [0.4, 0.5) is 0 Å². The number of likely N-dealkylation sites (N-methyl/N-ethyl adjacent to an activating group) is 1. The summed E-state index contributed by atoms with van der Waals surface area (Å²) in [5.41, 5.74) is 0. The molecule has 0 spiro atoms. The van der Waals surface area contributed by atoms with Crippen molar-refractivity contribution in [1.82, 2.24) is 4.90 Å². The Morgan fingerprint density at radius 2 is 2.25 bits per heavy atom. The molecule has 0 amide bonds. The second-order valence-electron chi connectivity index (χ2n) is 4.64. The Balaban J connectivity index is 2.13. The van der Waals surface area contributed by atoms with Crippen LogP contribution < -0.4 is 0 Å². The zero-order valence-electron chi connectivity index (χ0n) is 10.3. The van der Waals surface area contributed by atoms with Crippen LogP contribution in [-0.2, 0) is 9.53 Å². The van der Waals surface area contributed by atoms with Crippen LogP contribution >= 0.6 is 0 Å². The summed E-state index contributed by atoms with van der Waals surface area (Å²) in [4.78, 5) is 12.9. The van der Waals surface area contributed by atoms with Crippen molar-refractivity contribution in [3.63, 3.8) is 0 Å². The summed E-state index contributed by atoms with van der Waals surface area (Å²) in [5.74, 6) is 0.0442. The average Bonchev–Trinajstić information content (AvgIpc) is 3.04. The zero-order valence-corrected chi connectivity index (χ0v) is 10.3. The molecule has 94 valence electrons. The maximum Gasteiger partial charge on any atom is 0.320 e. The molecular formula is C12H23NO3. The van der Waals surface area contributed by atoms with E-state index in [9.17, 15) is 4.79 Å². The first-order valence-electron chi connectivity index (χ1n) is 6.16. The van der Waals surface area contributed by atoms with E-state index in [-0.39, 0.29) is 6.04 Å². The number of rotatable bonds is 9. The van der Waals surface area contributed by atoms with E-state index in [0.717, 1.165) is 18.9 Å². The second kappa shape index (κ2) is 6.86. The highest BCUT2D eigenvalue weighted by Crippen LogP contribution is 2.28. The van der Waals surface area contributed by atoms with Crippen molar-refractivity contribution in [2.45, 2.75) is 38.6 Å². The van der Waals surface area contributed by atoms with E-state index in [4.69, 9.17) is 9.84 Å². The van der Waals surface area contributed by atoms with Crippen molar-refractivity contribution in [3.05, 3.63) is 0 Å². The van der Waals surface area contributed by atoms with Crippen molar-refractivity contribution in [2.24, 2.45) is 5.92 Å². The second-order valence-corrected chi connectivity index (χ2v) is 4.64. The number of ether oxygens (including phenoxy) is 1. The zero-order chi connectivity index (χ0) is 12.0. The third kappa shape index (κ3) is 4.94. The summed E-state index contributed by atoms with van der Waals surface area (Å²) in [5, 5.41) is 9.05. The van der Waals surface area contributed by atoms with Crippen LogP contribution in [0, 0.1) is 5.92 Å². The molecule has 16 heavy (non-hydrogen) atoms. The first-order chi connectivity index (χ1) is 7.65. The van der Waals surface area contributed by atoms with Gasteiger partial charge < -0.3 is 9.84 Å². The van der Waals surface area contributed by atoms with E-state index in [1.165, 1.54) is 12.8 Å². The first-order valence-corrected chi connectivity index (χ1v) is 6.16. The van der Waals surface area contributed by atoms with Crippen molar-refractivity contribution < 1.29 is 14.6 Å². The van der Waals surface area contributed by atoms with Crippen molar-refractivity contribution >= 4 is 5.97 Å². The topological polar surface area (TPSA) is 49.8 Å². The molecular weight excluding hydrogens is 206 g/mol. The van der Waals surface area contributed by atoms with Gasteiger partial charge in [-0.05, 0) is 32.2 Å². The molecule has 1 aliphatic rings. The number of carboxylic acid groups (broad SMARTS) is 1. The Bertz CT molecular complexity index is 216. The number of hydrogen-bond donors (Lipinski definition) is 1. The molecule has 0 aromatic heterocycles. The summed E-state index contributed by atoms with van der Waals surface area (Å²) in [6.07, 6.45) is 4.19. The molecule has 1 atom stereocenters. The number of aliphatic carboxylic acids is 1. The number of hydrogen-bond acceptors (Lipinski definition) is 3. The van der Waals surface area contributed by atoms with Gasteiger partial charge in [-0.2, -0.15) is 0 Å². The molecule has 0 aromatic carbocycles. The molecule has 0 aromatic rings. The van der Waals surface area contributed by atoms with Gasteiger partial charge in [0.05, 0.1) is 6.61 Å². The molecule has 0 saturated heterocycles. The molecule has 0 radical (unpaired) electrons. The summed E-state index contributed by atoms with van der Waals surface area (Å²) in [6.45, 7) is 4.19. The van der Waals surface area contributed by atoms with E-state index in [1.807, 2.05) is 18.9 Å². The van der Waals surface area contributed by atoms with E-state index in [1.54, 1.807) is 0 Å². The van der Waals surface area contributed by atoms with Gasteiger partial charge in [-0.1, -0.05) is 13.3 Å². The SMILES string of the molecule is CCCC(C(=O)O)N(C)CCOCC1CC1. The number of carbonyl (C=O) groups is 1. The van der Waals surface area contributed by atoms with Crippen LogP contribution in [0.5, 0.6) is 0 Å². The van der Waals surface area contributed by atoms with Gasteiger partial charge in [-0.15, -0.1) is 0 Å². The molecule has 1 aliphatic carbocycles. The minimum Gasteiger partial charge on any atom is -0.480 e. The van der Waals surface area contributed by atoms with Crippen LogP contribution in [0.2, 0.25) is 0 Å². The van der Waals surface area contributed by atoms with Gasteiger partial charge in [0.25, 0.3) is 0 Å². The quantitative estimate of drug-likeness (QED) is 0.610. The molecule has 0 bridgehead atoms. The normalized spacial score (nSPS) is 17.7. The van der Waals surface area contributed by atoms with E-state index < -0.39 is 5.97 Å². The fourth-order valence-electron chi connectivity index (χ4n) is 1.70. The molecule has 4 nitrogen and oxygen atoms in total.